The highest BCUT2D eigenvalue weighted by Gasteiger charge is 2.30. The van der Waals surface area contributed by atoms with Crippen molar-refractivity contribution in [2.24, 2.45) is 0 Å². The smallest absolute Gasteiger partial charge is 0.244 e. The second-order valence-corrected chi connectivity index (χ2v) is 10.4. The van der Waals surface area contributed by atoms with E-state index >= 15 is 0 Å². The molecule has 0 aliphatic carbocycles. The predicted molar refractivity (Wildman–Crippen MR) is 128 cm³/mol. The summed E-state index contributed by atoms with van der Waals surface area (Å²) in [6.07, 6.45) is 1.02. The Balaban J connectivity index is 1.91. The molecule has 1 aliphatic rings. The maximum absolute atomic E-state index is 13.4. The summed E-state index contributed by atoms with van der Waals surface area (Å²) in [4.78, 5) is 27.3. The van der Waals surface area contributed by atoms with Crippen LogP contribution in [0, 0.1) is 0 Å². The number of carbonyl (C=O) groups excluding carboxylic acids is 2. The van der Waals surface area contributed by atoms with E-state index < -0.39 is 28.5 Å². The van der Waals surface area contributed by atoms with Crippen LogP contribution in [0.5, 0.6) is 11.5 Å². The topological polar surface area (TPSA) is 105 Å². The molecular weight excluding hydrogens is 514 g/mol. The van der Waals surface area contributed by atoms with E-state index in [0.717, 1.165) is 20.6 Å². The quantitative estimate of drug-likeness (QED) is 0.524. The lowest BCUT2D eigenvalue weighted by atomic mass is 10.1. The zero-order chi connectivity index (χ0) is 24.2. The largest absolute Gasteiger partial charge is 0.454 e. The molecule has 0 saturated heterocycles. The van der Waals surface area contributed by atoms with E-state index in [-0.39, 0.29) is 24.9 Å². The summed E-state index contributed by atoms with van der Waals surface area (Å²) in [5.41, 5.74) is 1.06. The monoisotopic (exact) mass is 539 g/mol. The summed E-state index contributed by atoms with van der Waals surface area (Å²) in [6.45, 7) is 3.52. The Kier molecular flexibility index (Phi) is 7.85. The first kappa shape index (κ1) is 24.8. The number of rotatable bonds is 9. The normalized spacial score (nSPS) is 13.3. The number of amides is 2. The van der Waals surface area contributed by atoms with Crippen molar-refractivity contribution in [2.75, 3.05) is 30.4 Å². The van der Waals surface area contributed by atoms with Crippen molar-refractivity contribution >= 4 is 43.5 Å². The summed E-state index contributed by atoms with van der Waals surface area (Å²) in [6, 6.07) is 11.2. The van der Waals surface area contributed by atoms with Gasteiger partial charge in [0.25, 0.3) is 0 Å². The van der Waals surface area contributed by atoms with Gasteiger partial charge in [0, 0.05) is 23.6 Å². The number of benzene rings is 2. The number of anilines is 1. The van der Waals surface area contributed by atoms with Crippen LogP contribution >= 0.6 is 15.9 Å². The average Bonchev–Trinajstić information content (AvgIpc) is 3.22. The number of nitrogens with zero attached hydrogens (tertiary/aromatic N) is 2. The van der Waals surface area contributed by atoms with E-state index in [1.807, 2.05) is 24.3 Å². The van der Waals surface area contributed by atoms with Crippen LogP contribution in [0.2, 0.25) is 0 Å². The number of fused-ring (bicyclic) bond motifs is 1. The van der Waals surface area contributed by atoms with Crippen LogP contribution in [0.4, 0.5) is 5.69 Å². The maximum Gasteiger partial charge on any atom is 0.244 e. The molecule has 0 fully saturated rings. The molecule has 1 heterocycles. The summed E-state index contributed by atoms with van der Waals surface area (Å²) >= 11 is 3.41. The van der Waals surface area contributed by atoms with Gasteiger partial charge in [0.1, 0.15) is 12.6 Å². The minimum Gasteiger partial charge on any atom is -0.454 e. The van der Waals surface area contributed by atoms with E-state index in [2.05, 4.69) is 21.2 Å². The Bertz CT molecular complexity index is 1140. The SMILES string of the molecule is CCNC(=O)C(C)N(Cc1cccc(Br)c1)C(=O)CN(c1ccc2c(c1)OCO2)S(C)(=O)=O. The standard InChI is InChI=1S/C22H26BrN3O6S/c1-4-24-22(28)15(2)25(12-16-6-5-7-17(23)10-16)21(27)13-26(33(3,29)30)18-8-9-19-20(11-18)32-14-31-19/h5-11,15H,4,12-14H2,1-3H3,(H,24,28). The van der Waals surface area contributed by atoms with Crippen molar-refractivity contribution < 1.29 is 27.5 Å². The molecule has 3 rings (SSSR count). The highest BCUT2D eigenvalue weighted by molar-refractivity contribution is 9.10. The molecular formula is C22H26BrN3O6S. The van der Waals surface area contributed by atoms with Crippen LogP contribution in [0.1, 0.15) is 19.4 Å². The lowest BCUT2D eigenvalue weighted by Crippen LogP contribution is -2.51. The molecule has 1 unspecified atom stereocenters. The highest BCUT2D eigenvalue weighted by atomic mass is 79.9. The van der Waals surface area contributed by atoms with Crippen LogP contribution in [-0.4, -0.2) is 57.3 Å². The maximum atomic E-state index is 13.4. The zero-order valence-electron chi connectivity index (χ0n) is 18.6. The Hall–Kier alpha value is -2.79. The summed E-state index contributed by atoms with van der Waals surface area (Å²) in [7, 11) is -3.82. The molecule has 1 atom stereocenters. The minimum atomic E-state index is -3.82. The van der Waals surface area contributed by atoms with Crippen LogP contribution in [0.25, 0.3) is 0 Å². The van der Waals surface area contributed by atoms with Crippen LogP contribution < -0.4 is 19.1 Å². The molecule has 9 nitrogen and oxygen atoms in total. The van der Waals surface area contributed by atoms with Crippen LogP contribution in [0.3, 0.4) is 0 Å². The number of hydrogen-bond acceptors (Lipinski definition) is 6. The van der Waals surface area contributed by atoms with Crippen molar-refractivity contribution in [3.63, 3.8) is 0 Å². The molecule has 0 bridgehead atoms. The first-order valence-electron chi connectivity index (χ1n) is 10.3. The van der Waals surface area contributed by atoms with Gasteiger partial charge in [-0.1, -0.05) is 28.1 Å². The zero-order valence-corrected chi connectivity index (χ0v) is 21.0. The van der Waals surface area contributed by atoms with Crippen molar-refractivity contribution in [3.8, 4) is 11.5 Å². The number of sulfonamides is 1. The number of halogens is 1. The number of nitrogens with one attached hydrogen (secondary N) is 1. The van der Waals surface area contributed by atoms with E-state index in [4.69, 9.17) is 9.47 Å². The molecule has 2 amide bonds. The fourth-order valence-electron chi connectivity index (χ4n) is 3.39. The van der Waals surface area contributed by atoms with Gasteiger partial charge in [-0.05, 0) is 43.7 Å². The lowest BCUT2D eigenvalue weighted by molar-refractivity contribution is -0.139. The molecule has 2 aromatic rings. The van der Waals surface area contributed by atoms with Gasteiger partial charge in [-0.15, -0.1) is 0 Å². The van der Waals surface area contributed by atoms with Crippen LogP contribution in [-0.2, 0) is 26.2 Å². The Labute approximate surface area is 201 Å². The average molecular weight is 540 g/mol. The molecule has 0 spiro atoms. The Morgan fingerprint density at radius 2 is 1.88 bits per heavy atom. The van der Waals surface area contributed by atoms with Gasteiger partial charge in [0.15, 0.2) is 11.5 Å². The molecule has 2 aromatic carbocycles. The van der Waals surface area contributed by atoms with Crippen molar-refractivity contribution in [3.05, 3.63) is 52.5 Å². The number of hydrogen-bond donors (Lipinski definition) is 1. The minimum absolute atomic E-state index is 0.0427. The van der Waals surface area contributed by atoms with E-state index in [1.165, 1.54) is 11.0 Å². The second-order valence-electron chi connectivity index (χ2n) is 7.53. The molecule has 11 heteroatoms. The Morgan fingerprint density at radius 1 is 1.15 bits per heavy atom. The summed E-state index contributed by atoms with van der Waals surface area (Å²) in [5.74, 6) is 0.0570. The fourth-order valence-corrected chi connectivity index (χ4v) is 4.68. The van der Waals surface area contributed by atoms with Gasteiger partial charge in [0.2, 0.25) is 28.6 Å². The molecule has 0 saturated carbocycles. The number of likely N-dealkylation sites (N-methyl/N-ethyl adjacent to an activating group) is 1. The first-order chi connectivity index (χ1) is 15.6. The third kappa shape index (κ3) is 6.17. The van der Waals surface area contributed by atoms with Crippen molar-refractivity contribution in [2.45, 2.75) is 26.4 Å². The van der Waals surface area contributed by atoms with Gasteiger partial charge in [-0.2, -0.15) is 0 Å². The summed E-state index contributed by atoms with van der Waals surface area (Å²) in [5, 5.41) is 2.72. The van der Waals surface area contributed by atoms with E-state index in [1.54, 1.807) is 26.0 Å². The van der Waals surface area contributed by atoms with Crippen molar-refractivity contribution in [1.82, 2.24) is 10.2 Å². The predicted octanol–water partition coefficient (Wildman–Crippen LogP) is 2.50. The van der Waals surface area contributed by atoms with Crippen molar-refractivity contribution in [1.29, 1.82) is 0 Å². The first-order valence-corrected chi connectivity index (χ1v) is 12.9. The van der Waals surface area contributed by atoms with Gasteiger partial charge >= 0.3 is 0 Å². The number of ether oxygens (including phenoxy) is 2. The Morgan fingerprint density at radius 3 is 2.55 bits per heavy atom. The van der Waals surface area contributed by atoms with E-state index in [9.17, 15) is 18.0 Å². The fraction of sp³-hybridized carbons (Fsp3) is 0.364. The highest BCUT2D eigenvalue weighted by Crippen LogP contribution is 2.36. The molecule has 0 aromatic heterocycles. The molecule has 178 valence electrons. The molecule has 1 aliphatic heterocycles. The van der Waals surface area contributed by atoms with Gasteiger partial charge in [0.05, 0.1) is 11.9 Å². The van der Waals surface area contributed by atoms with Crippen LogP contribution in [0.15, 0.2) is 46.9 Å². The molecule has 1 N–H and O–H groups in total. The molecule has 33 heavy (non-hydrogen) atoms. The van der Waals surface area contributed by atoms with Gasteiger partial charge in [-0.3, -0.25) is 13.9 Å². The van der Waals surface area contributed by atoms with Gasteiger partial charge < -0.3 is 19.7 Å². The third-order valence-corrected chi connectivity index (χ3v) is 6.72. The molecule has 0 radical (unpaired) electrons. The van der Waals surface area contributed by atoms with Gasteiger partial charge in [-0.25, -0.2) is 8.42 Å². The lowest BCUT2D eigenvalue weighted by Gasteiger charge is -2.31. The van der Waals surface area contributed by atoms with E-state index in [0.29, 0.717) is 18.0 Å². The third-order valence-electron chi connectivity index (χ3n) is 5.08. The summed E-state index contributed by atoms with van der Waals surface area (Å²) < 4.78 is 37.6. The number of carbonyl (C=O) groups is 2. The second kappa shape index (κ2) is 10.4.